The van der Waals surface area contributed by atoms with Gasteiger partial charge in [0.1, 0.15) is 5.82 Å². The maximum atomic E-state index is 14.5. The molecule has 2 aliphatic rings. The van der Waals surface area contributed by atoms with Crippen LogP contribution in [0.1, 0.15) is 106 Å². The third-order valence-electron chi connectivity index (χ3n) is 5.79. The van der Waals surface area contributed by atoms with Crippen molar-refractivity contribution in [1.29, 1.82) is 0 Å². The van der Waals surface area contributed by atoms with Crippen LogP contribution in [0.2, 0.25) is 0 Å². The first-order valence-electron chi connectivity index (χ1n) is 14.5. The number of hydrogen-bond acceptors (Lipinski definition) is 7. The second kappa shape index (κ2) is 18.9. The molecule has 4 rings (SSSR count). The predicted octanol–water partition coefficient (Wildman–Crippen LogP) is 6.61. The van der Waals surface area contributed by atoms with Crippen molar-refractivity contribution in [1.82, 2.24) is 15.0 Å². The molecule has 1 aromatic carbocycles. The van der Waals surface area contributed by atoms with Crippen LogP contribution in [0.25, 0.3) is 11.4 Å². The number of likely N-dealkylation sites (tertiary alicyclic amines) is 1. The van der Waals surface area contributed by atoms with E-state index in [0.717, 1.165) is 38.0 Å². The van der Waals surface area contributed by atoms with E-state index in [1.54, 1.807) is 4.90 Å². The summed E-state index contributed by atoms with van der Waals surface area (Å²) in [6.45, 7) is 17.7. The van der Waals surface area contributed by atoms with Crippen LogP contribution >= 0.6 is 0 Å². The second-order valence-corrected chi connectivity index (χ2v) is 10.9. The standard InChI is InChI=1S/C20H25FN4O4S.C3H8.3C2H6/c1-30(27,28)13-6-7-14(16(21)11-13)18-23-19(29-24-18)15(10-12-4-5-12)17(22)20(26)25-8-2-3-9-25;1-3-2;3*1-2/h6-7,11-12,15,17H,2-5,8-10,22H2,1H3;3H2,1-2H3;3*1-2H3/t15-,17?;;;;/m0..../s1. The van der Waals surface area contributed by atoms with Crippen molar-refractivity contribution in [3.63, 3.8) is 0 Å². The highest BCUT2D eigenvalue weighted by Crippen LogP contribution is 2.40. The minimum Gasteiger partial charge on any atom is -0.341 e. The molecule has 1 saturated carbocycles. The Labute approximate surface area is 235 Å². The van der Waals surface area contributed by atoms with E-state index in [1.807, 2.05) is 41.5 Å². The summed E-state index contributed by atoms with van der Waals surface area (Å²) in [6.07, 6.45) is 7.01. The van der Waals surface area contributed by atoms with Crippen LogP contribution in [0.5, 0.6) is 0 Å². The first-order chi connectivity index (χ1) is 18.7. The Bertz CT molecular complexity index is 1060. The molecule has 1 amide bonds. The number of hydrogen-bond donors (Lipinski definition) is 1. The Morgan fingerprint density at radius 1 is 1.10 bits per heavy atom. The number of benzene rings is 1. The fourth-order valence-electron chi connectivity index (χ4n) is 3.84. The van der Waals surface area contributed by atoms with Gasteiger partial charge in [-0.15, -0.1) is 0 Å². The predicted molar refractivity (Wildman–Crippen MR) is 157 cm³/mol. The van der Waals surface area contributed by atoms with E-state index >= 15 is 0 Å². The fraction of sp³-hybridized carbons (Fsp3) is 0.690. The van der Waals surface area contributed by atoms with Crippen molar-refractivity contribution in [3.8, 4) is 11.4 Å². The smallest absolute Gasteiger partial charge is 0.240 e. The molecule has 1 aliphatic heterocycles. The quantitative estimate of drug-likeness (QED) is 0.398. The molecule has 1 aliphatic carbocycles. The molecule has 2 heterocycles. The SMILES string of the molecule is CC.CC.CC.CCC.CS(=O)(=O)c1ccc(-c2noc([C@@H](CC3CC3)C(N)C(=O)N3CCCC3)n2)c(F)c1. The molecule has 0 spiro atoms. The summed E-state index contributed by atoms with van der Waals surface area (Å²) in [4.78, 5) is 18.8. The molecule has 1 saturated heterocycles. The topological polar surface area (TPSA) is 119 Å². The van der Waals surface area contributed by atoms with Gasteiger partial charge in [0.25, 0.3) is 0 Å². The van der Waals surface area contributed by atoms with Crippen LogP contribution in [0.15, 0.2) is 27.6 Å². The molecule has 0 radical (unpaired) electrons. The molecule has 10 heteroatoms. The average Bonchev–Trinajstić information content (AvgIpc) is 3.37. The molecule has 2 N–H and O–H groups in total. The Morgan fingerprint density at radius 3 is 2.10 bits per heavy atom. The number of carbonyl (C=O) groups is 1. The van der Waals surface area contributed by atoms with Crippen LogP contribution < -0.4 is 5.73 Å². The maximum absolute atomic E-state index is 14.5. The van der Waals surface area contributed by atoms with Gasteiger partial charge in [-0.05, 0) is 43.4 Å². The van der Waals surface area contributed by atoms with Gasteiger partial charge in [-0.3, -0.25) is 4.79 Å². The van der Waals surface area contributed by atoms with Crippen LogP contribution in [-0.4, -0.2) is 54.8 Å². The monoisotopic (exact) mass is 570 g/mol. The lowest BCUT2D eigenvalue weighted by atomic mass is 9.93. The Hall–Kier alpha value is -2.33. The van der Waals surface area contributed by atoms with Gasteiger partial charge >= 0.3 is 0 Å². The molecule has 1 aromatic heterocycles. The van der Waals surface area contributed by atoms with Crippen LogP contribution in [-0.2, 0) is 14.6 Å². The van der Waals surface area contributed by atoms with Crippen molar-refractivity contribution in [2.24, 2.45) is 11.7 Å². The molecule has 2 aromatic rings. The van der Waals surface area contributed by atoms with Crippen molar-refractivity contribution in [2.75, 3.05) is 19.3 Å². The Morgan fingerprint density at radius 2 is 1.64 bits per heavy atom. The number of rotatable bonds is 7. The van der Waals surface area contributed by atoms with E-state index in [9.17, 15) is 17.6 Å². The highest BCUT2D eigenvalue weighted by atomic mass is 32.2. The largest absolute Gasteiger partial charge is 0.341 e. The number of carbonyl (C=O) groups excluding carboxylic acids is 1. The van der Waals surface area contributed by atoms with Gasteiger partial charge < -0.3 is 15.2 Å². The van der Waals surface area contributed by atoms with Crippen molar-refractivity contribution in [3.05, 3.63) is 29.9 Å². The van der Waals surface area contributed by atoms with Gasteiger partial charge in [0.15, 0.2) is 9.84 Å². The summed E-state index contributed by atoms with van der Waals surface area (Å²) < 4.78 is 43.1. The van der Waals surface area contributed by atoms with E-state index in [1.165, 1.54) is 18.6 Å². The number of sulfone groups is 1. The van der Waals surface area contributed by atoms with Crippen molar-refractivity contribution in [2.45, 2.75) is 111 Å². The van der Waals surface area contributed by atoms with E-state index in [2.05, 4.69) is 24.0 Å². The molecule has 8 nitrogen and oxygen atoms in total. The molecular weight excluding hydrogens is 519 g/mol. The van der Waals surface area contributed by atoms with Gasteiger partial charge in [0.05, 0.1) is 22.4 Å². The second-order valence-electron chi connectivity index (χ2n) is 8.92. The third kappa shape index (κ3) is 11.4. The zero-order valence-corrected chi connectivity index (χ0v) is 26.3. The van der Waals surface area contributed by atoms with Gasteiger partial charge in [0, 0.05) is 19.3 Å². The van der Waals surface area contributed by atoms with E-state index < -0.39 is 27.6 Å². The Kier molecular flexibility index (Phi) is 17.7. The average molecular weight is 571 g/mol. The summed E-state index contributed by atoms with van der Waals surface area (Å²) in [5, 5.41) is 3.87. The maximum Gasteiger partial charge on any atom is 0.240 e. The van der Waals surface area contributed by atoms with Crippen molar-refractivity contribution < 1.29 is 22.1 Å². The number of halogens is 1. The number of nitrogens with zero attached hydrogens (tertiary/aromatic N) is 3. The first-order valence-corrected chi connectivity index (χ1v) is 16.4. The molecule has 2 atom stereocenters. The minimum atomic E-state index is -3.53. The zero-order chi connectivity index (χ0) is 30.2. The number of amides is 1. The molecule has 224 valence electrons. The zero-order valence-electron chi connectivity index (χ0n) is 25.5. The highest BCUT2D eigenvalue weighted by Gasteiger charge is 2.38. The van der Waals surface area contributed by atoms with E-state index in [-0.39, 0.29) is 28.1 Å². The molecule has 39 heavy (non-hydrogen) atoms. The summed E-state index contributed by atoms with van der Waals surface area (Å²) in [5.41, 5.74) is 6.36. The molecule has 1 unspecified atom stereocenters. The summed E-state index contributed by atoms with van der Waals surface area (Å²) in [5.74, 6) is -0.644. The molecule has 0 bridgehead atoms. The van der Waals surface area contributed by atoms with Crippen molar-refractivity contribution >= 4 is 15.7 Å². The first kappa shape index (κ1) is 36.7. The van der Waals surface area contributed by atoms with Crippen LogP contribution in [0, 0.1) is 11.7 Å². The van der Waals surface area contributed by atoms with Crippen LogP contribution in [0.3, 0.4) is 0 Å². The summed E-state index contributed by atoms with van der Waals surface area (Å²) >= 11 is 0. The lowest BCUT2D eigenvalue weighted by Crippen LogP contribution is -2.46. The fourth-order valence-corrected chi connectivity index (χ4v) is 4.47. The summed E-state index contributed by atoms with van der Waals surface area (Å²) in [6, 6.07) is 2.75. The highest BCUT2D eigenvalue weighted by molar-refractivity contribution is 7.90. The van der Waals surface area contributed by atoms with Gasteiger partial charge in [-0.1, -0.05) is 79.8 Å². The third-order valence-corrected chi connectivity index (χ3v) is 6.90. The lowest BCUT2D eigenvalue weighted by Gasteiger charge is -2.25. The normalized spacial score (nSPS) is 15.6. The minimum absolute atomic E-state index is 0.00386. The Balaban J connectivity index is 0.00000145. The summed E-state index contributed by atoms with van der Waals surface area (Å²) in [7, 11) is -3.53. The van der Waals surface area contributed by atoms with Crippen LogP contribution in [0.4, 0.5) is 4.39 Å². The number of aromatic nitrogens is 2. The van der Waals surface area contributed by atoms with E-state index in [0.29, 0.717) is 25.4 Å². The number of nitrogens with two attached hydrogens (primary N) is 1. The van der Waals surface area contributed by atoms with Gasteiger partial charge in [-0.2, -0.15) is 4.98 Å². The van der Waals surface area contributed by atoms with E-state index in [4.69, 9.17) is 10.3 Å². The molecular formula is C29H51FN4O4S. The lowest BCUT2D eigenvalue weighted by molar-refractivity contribution is -0.132. The van der Waals surface area contributed by atoms with Gasteiger partial charge in [0.2, 0.25) is 17.6 Å². The van der Waals surface area contributed by atoms with Gasteiger partial charge in [-0.25, -0.2) is 12.8 Å². The molecule has 2 fully saturated rings.